The van der Waals surface area contributed by atoms with Gasteiger partial charge in [0.25, 0.3) is 0 Å². The number of aromatic nitrogens is 1. The van der Waals surface area contributed by atoms with Gasteiger partial charge in [0.1, 0.15) is 0 Å². The Morgan fingerprint density at radius 1 is 0.861 bits per heavy atom. The van der Waals surface area contributed by atoms with Crippen molar-refractivity contribution in [1.82, 2.24) is 4.98 Å². The molecular weight excluding hydrogens is 532 g/mol. The molecule has 0 saturated carbocycles. The molecule has 36 heavy (non-hydrogen) atoms. The van der Waals surface area contributed by atoms with Gasteiger partial charge in [-0.15, -0.1) is 12.4 Å². The van der Waals surface area contributed by atoms with Crippen LogP contribution < -0.4 is 5.32 Å². The Morgan fingerprint density at radius 2 is 1.42 bits per heavy atom. The van der Waals surface area contributed by atoms with Crippen molar-refractivity contribution in [3.05, 3.63) is 33.9 Å². The maximum atomic E-state index is 13.1. The lowest BCUT2D eigenvalue weighted by atomic mass is 9.75. The maximum absolute atomic E-state index is 13.1. The van der Waals surface area contributed by atoms with Crippen LogP contribution in [0, 0.1) is 5.41 Å². The number of hydrogen-bond donors (Lipinski definition) is 1. The molecule has 1 N–H and O–H groups in total. The van der Waals surface area contributed by atoms with Gasteiger partial charge in [-0.1, -0.05) is 120 Å². The third-order valence-corrected chi connectivity index (χ3v) is 7.91. The molecule has 0 spiro atoms. The summed E-state index contributed by atoms with van der Waals surface area (Å²) < 4.78 is 1.02. The molecule has 3 rings (SSSR count). The summed E-state index contributed by atoms with van der Waals surface area (Å²) >= 11 is 3.60. The summed E-state index contributed by atoms with van der Waals surface area (Å²) in [6, 6.07) is 6.20. The van der Waals surface area contributed by atoms with Crippen molar-refractivity contribution >= 4 is 50.7 Å². The highest BCUT2D eigenvalue weighted by Crippen LogP contribution is 2.40. The molecule has 1 heterocycles. The van der Waals surface area contributed by atoms with Crippen LogP contribution in [0.5, 0.6) is 0 Å². The average Bonchev–Trinajstić information content (AvgIpc) is 2.80. The number of hydrogen-bond acceptors (Lipinski definition) is 3. The molecule has 3 nitrogen and oxygen atoms in total. The van der Waals surface area contributed by atoms with Gasteiger partial charge in [0.2, 0.25) is 0 Å². The molecule has 0 saturated heterocycles. The van der Waals surface area contributed by atoms with Gasteiger partial charge in [0.05, 0.1) is 22.5 Å². The quantitative estimate of drug-likeness (QED) is 0.201. The summed E-state index contributed by atoms with van der Waals surface area (Å²) in [5.41, 5.74) is 3.75. The van der Waals surface area contributed by atoms with Crippen molar-refractivity contribution in [2.75, 3.05) is 11.9 Å². The highest BCUT2D eigenvalue weighted by atomic mass is 79.9. The number of halogens is 2. The first-order valence-electron chi connectivity index (χ1n) is 14.3. The molecule has 2 aromatic rings. The van der Waals surface area contributed by atoms with E-state index in [2.05, 4.69) is 54.2 Å². The summed E-state index contributed by atoms with van der Waals surface area (Å²) in [6.45, 7) is 7.53. The van der Waals surface area contributed by atoms with Crippen LogP contribution in [0.3, 0.4) is 0 Å². The summed E-state index contributed by atoms with van der Waals surface area (Å²) in [5, 5.41) is 4.71. The van der Waals surface area contributed by atoms with Crippen LogP contribution >= 0.6 is 28.3 Å². The minimum Gasteiger partial charge on any atom is -0.384 e. The van der Waals surface area contributed by atoms with Gasteiger partial charge in [-0.25, -0.2) is 0 Å². The summed E-state index contributed by atoms with van der Waals surface area (Å²) in [5.74, 6) is 0.231. The van der Waals surface area contributed by atoms with Crippen LogP contribution in [0.4, 0.5) is 5.69 Å². The molecular formula is C31H48BrClN2O. The number of nitrogens with zero attached hydrogens (tertiary/aromatic N) is 1. The van der Waals surface area contributed by atoms with Gasteiger partial charge in [-0.05, 0) is 36.5 Å². The van der Waals surface area contributed by atoms with Gasteiger partial charge < -0.3 is 5.32 Å². The molecule has 0 amide bonds. The second-order valence-corrected chi connectivity index (χ2v) is 12.3. The number of Topliss-reactive ketones (excluding diaryl/α,β-unsaturated/α-hetero) is 1. The number of nitrogens with one attached hydrogen (secondary N) is 1. The van der Waals surface area contributed by atoms with Crippen LogP contribution in [0.15, 0.2) is 22.7 Å². The van der Waals surface area contributed by atoms with Crippen LogP contribution in [0.2, 0.25) is 0 Å². The van der Waals surface area contributed by atoms with Crippen LogP contribution in [-0.2, 0) is 6.42 Å². The third-order valence-electron chi connectivity index (χ3n) is 7.42. The number of fused-ring (bicyclic) bond motifs is 2. The number of benzene rings is 1. The molecule has 1 aromatic heterocycles. The summed E-state index contributed by atoms with van der Waals surface area (Å²) in [7, 11) is 0. The van der Waals surface area contributed by atoms with Crippen molar-refractivity contribution < 1.29 is 4.79 Å². The van der Waals surface area contributed by atoms with Crippen LogP contribution in [-0.4, -0.2) is 17.3 Å². The van der Waals surface area contributed by atoms with E-state index in [0.29, 0.717) is 6.42 Å². The first-order chi connectivity index (χ1) is 16.9. The lowest BCUT2D eigenvalue weighted by Gasteiger charge is -2.31. The molecule has 5 heteroatoms. The lowest BCUT2D eigenvalue weighted by molar-refractivity contribution is 0.0911. The van der Waals surface area contributed by atoms with Crippen molar-refractivity contribution in [3.8, 4) is 0 Å². The Kier molecular flexibility index (Phi) is 13.8. The molecule has 0 aliphatic heterocycles. The Bertz CT molecular complexity index is 959. The number of anilines is 1. The highest BCUT2D eigenvalue weighted by Gasteiger charge is 2.34. The zero-order valence-corrected chi connectivity index (χ0v) is 25.3. The molecule has 0 unspecified atom stereocenters. The predicted octanol–water partition coefficient (Wildman–Crippen LogP) is 10.5. The second kappa shape index (κ2) is 16.0. The molecule has 0 bridgehead atoms. The fourth-order valence-corrected chi connectivity index (χ4v) is 5.83. The van der Waals surface area contributed by atoms with Crippen molar-refractivity contribution in [2.45, 2.75) is 124 Å². The van der Waals surface area contributed by atoms with E-state index in [9.17, 15) is 4.79 Å². The van der Waals surface area contributed by atoms with E-state index in [4.69, 9.17) is 4.98 Å². The van der Waals surface area contributed by atoms with Crippen molar-refractivity contribution in [3.63, 3.8) is 0 Å². The first-order valence-corrected chi connectivity index (χ1v) is 15.1. The summed E-state index contributed by atoms with van der Waals surface area (Å²) in [6.07, 6.45) is 20.6. The minimum absolute atomic E-state index is 0. The van der Waals surface area contributed by atoms with Crippen molar-refractivity contribution in [1.29, 1.82) is 0 Å². The number of ketones is 1. The Balaban J connectivity index is 0.00000456. The monoisotopic (exact) mass is 578 g/mol. The molecule has 0 radical (unpaired) electrons. The number of pyridine rings is 1. The second-order valence-electron chi connectivity index (χ2n) is 11.4. The molecule has 0 atom stereocenters. The average molecular weight is 580 g/mol. The van der Waals surface area contributed by atoms with E-state index in [1.54, 1.807) is 0 Å². The van der Waals surface area contributed by atoms with E-state index in [1.807, 2.05) is 6.07 Å². The standard InChI is InChI=1S/C31H47BrN2O.ClH/c1-4-5-6-7-8-9-10-11-12-13-14-15-16-17-20-33-30-25-21-24(32)18-19-26(25)34-27-22-31(2,3)23-28(35)29(27)30;/h18-19,21H,4-17,20,22-23H2,1-3H3,(H,33,34);1H. The van der Waals surface area contributed by atoms with E-state index in [0.717, 1.165) is 51.7 Å². The van der Waals surface area contributed by atoms with Gasteiger partial charge in [-0.3, -0.25) is 9.78 Å². The van der Waals surface area contributed by atoms with Crippen LogP contribution in [0.1, 0.15) is 133 Å². The van der Waals surface area contributed by atoms with E-state index in [-0.39, 0.29) is 23.6 Å². The number of carbonyl (C=O) groups is 1. The Hall–Kier alpha value is -1.13. The molecule has 1 aromatic carbocycles. The fourth-order valence-electron chi connectivity index (χ4n) is 5.47. The first kappa shape index (κ1) is 31.1. The molecule has 0 fully saturated rings. The number of rotatable bonds is 16. The predicted molar refractivity (Wildman–Crippen MR) is 162 cm³/mol. The third kappa shape index (κ3) is 9.63. The highest BCUT2D eigenvalue weighted by molar-refractivity contribution is 9.10. The topological polar surface area (TPSA) is 42.0 Å². The Labute approximate surface area is 234 Å². The number of unbranched alkanes of at least 4 members (excludes halogenated alkanes) is 13. The summed E-state index contributed by atoms with van der Waals surface area (Å²) in [4.78, 5) is 18.0. The zero-order chi connectivity index (χ0) is 25.1. The Morgan fingerprint density at radius 3 is 2.00 bits per heavy atom. The lowest BCUT2D eigenvalue weighted by Crippen LogP contribution is -2.29. The van der Waals surface area contributed by atoms with E-state index in [1.165, 1.54) is 83.5 Å². The SMILES string of the molecule is CCCCCCCCCCCCCCCCNc1c2c(nc3ccc(Br)cc13)CC(C)(C)CC2=O.Cl. The van der Waals surface area contributed by atoms with Gasteiger partial charge >= 0.3 is 0 Å². The molecule has 202 valence electrons. The van der Waals surface area contributed by atoms with E-state index >= 15 is 0 Å². The number of carbonyl (C=O) groups excluding carboxylic acids is 1. The van der Waals surface area contributed by atoms with Gasteiger partial charge in [0, 0.05) is 22.8 Å². The fraction of sp³-hybridized carbons (Fsp3) is 0.677. The van der Waals surface area contributed by atoms with E-state index < -0.39 is 0 Å². The maximum Gasteiger partial charge on any atom is 0.167 e. The van der Waals surface area contributed by atoms with Crippen molar-refractivity contribution in [2.24, 2.45) is 5.41 Å². The normalized spacial score (nSPS) is 14.5. The largest absolute Gasteiger partial charge is 0.384 e. The molecule has 1 aliphatic carbocycles. The smallest absolute Gasteiger partial charge is 0.167 e. The van der Waals surface area contributed by atoms with Gasteiger partial charge in [0.15, 0.2) is 5.78 Å². The minimum atomic E-state index is -0.0218. The van der Waals surface area contributed by atoms with Gasteiger partial charge in [-0.2, -0.15) is 0 Å². The zero-order valence-electron chi connectivity index (χ0n) is 22.9. The molecule has 1 aliphatic rings. The van der Waals surface area contributed by atoms with Crippen LogP contribution in [0.25, 0.3) is 10.9 Å².